The largest absolute Gasteiger partial charge is 0.385 e. The number of ether oxygens (including phenoxy) is 1. The minimum atomic E-state index is -1.13. The van der Waals surface area contributed by atoms with Crippen LogP contribution < -0.4 is 0 Å². The van der Waals surface area contributed by atoms with E-state index in [2.05, 4.69) is 6.92 Å². The van der Waals surface area contributed by atoms with Gasteiger partial charge in [-0.25, -0.2) is 8.78 Å². The van der Waals surface area contributed by atoms with Gasteiger partial charge in [0.1, 0.15) is 6.10 Å². The second-order valence-corrected chi connectivity index (χ2v) is 5.73. The summed E-state index contributed by atoms with van der Waals surface area (Å²) >= 11 is 0. The maximum atomic E-state index is 13.9. The summed E-state index contributed by atoms with van der Waals surface area (Å²) in [5, 5.41) is 10.6. The third-order valence-corrected chi connectivity index (χ3v) is 4.33. The van der Waals surface area contributed by atoms with Crippen molar-refractivity contribution in [3.63, 3.8) is 0 Å². The van der Waals surface area contributed by atoms with Gasteiger partial charge in [-0.3, -0.25) is 0 Å². The molecule has 0 radical (unpaired) electrons. The average Bonchev–Trinajstić information content (AvgIpc) is 2.44. The molecule has 0 amide bonds. The first-order chi connectivity index (χ1) is 9.50. The van der Waals surface area contributed by atoms with Crippen molar-refractivity contribution in [2.24, 2.45) is 5.92 Å². The summed E-state index contributed by atoms with van der Waals surface area (Å²) in [6.45, 7) is 4.46. The average molecular weight is 284 g/mol. The normalized spacial score (nSPS) is 28.4. The maximum Gasteiger partial charge on any atom is 0.164 e. The number of aliphatic hydroxyl groups excluding tert-OH is 1. The summed E-state index contributed by atoms with van der Waals surface area (Å²) in [7, 11) is 0. The van der Waals surface area contributed by atoms with Crippen LogP contribution in [0.4, 0.5) is 8.78 Å². The van der Waals surface area contributed by atoms with Crippen molar-refractivity contribution in [1.29, 1.82) is 0 Å². The summed E-state index contributed by atoms with van der Waals surface area (Å²) in [6, 6.07) is 3.91. The Kier molecular flexibility index (Phi) is 4.76. The quantitative estimate of drug-likeness (QED) is 0.906. The van der Waals surface area contributed by atoms with Gasteiger partial charge in [0.15, 0.2) is 11.6 Å². The van der Waals surface area contributed by atoms with Gasteiger partial charge in [0.2, 0.25) is 0 Å². The van der Waals surface area contributed by atoms with Gasteiger partial charge in [-0.1, -0.05) is 19.1 Å². The lowest BCUT2D eigenvalue weighted by Crippen LogP contribution is -2.43. The Labute approximate surface area is 118 Å². The van der Waals surface area contributed by atoms with Gasteiger partial charge < -0.3 is 9.84 Å². The van der Waals surface area contributed by atoms with E-state index < -0.39 is 23.3 Å². The van der Waals surface area contributed by atoms with Crippen molar-refractivity contribution in [2.45, 2.75) is 51.2 Å². The number of halogens is 2. The number of benzene rings is 1. The molecule has 1 aliphatic rings. The zero-order chi connectivity index (χ0) is 14.8. The highest BCUT2D eigenvalue weighted by molar-refractivity contribution is 5.24. The fourth-order valence-electron chi connectivity index (χ4n) is 3.05. The number of hydrogen-bond acceptors (Lipinski definition) is 2. The van der Waals surface area contributed by atoms with E-state index in [4.69, 9.17) is 4.74 Å². The highest BCUT2D eigenvalue weighted by Gasteiger charge is 2.43. The Bertz CT molecular complexity index is 454. The smallest absolute Gasteiger partial charge is 0.164 e. The van der Waals surface area contributed by atoms with Gasteiger partial charge in [0, 0.05) is 12.2 Å². The van der Waals surface area contributed by atoms with E-state index in [9.17, 15) is 13.9 Å². The number of aliphatic hydroxyl groups is 1. The standard InChI is InChI=1S/C16H22F2O2/c1-3-20-16(9-7-11(2)8-10-16)15(19)12-5-4-6-13(17)14(12)18/h4-6,11,15,19H,3,7-10H2,1-2H3. The first kappa shape index (κ1) is 15.4. The number of rotatable bonds is 4. The summed E-state index contributed by atoms with van der Waals surface area (Å²) in [5.41, 5.74) is -0.802. The van der Waals surface area contributed by atoms with Gasteiger partial charge >= 0.3 is 0 Å². The molecule has 0 bridgehead atoms. The molecule has 0 aliphatic heterocycles. The van der Waals surface area contributed by atoms with Crippen LogP contribution in [0.25, 0.3) is 0 Å². The van der Waals surface area contributed by atoms with E-state index in [1.807, 2.05) is 6.92 Å². The van der Waals surface area contributed by atoms with Gasteiger partial charge in [0.25, 0.3) is 0 Å². The molecule has 20 heavy (non-hydrogen) atoms. The van der Waals surface area contributed by atoms with Crippen LogP contribution >= 0.6 is 0 Å². The second kappa shape index (κ2) is 6.19. The molecule has 1 N–H and O–H groups in total. The van der Waals surface area contributed by atoms with Crippen LogP contribution in [-0.2, 0) is 4.74 Å². The van der Waals surface area contributed by atoms with Crippen molar-refractivity contribution in [3.8, 4) is 0 Å². The van der Waals surface area contributed by atoms with Crippen molar-refractivity contribution >= 4 is 0 Å². The molecular weight excluding hydrogens is 262 g/mol. The van der Waals surface area contributed by atoms with Gasteiger partial charge in [0.05, 0.1) is 5.60 Å². The van der Waals surface area contributed by atoms with Crippen LogP contribution in [0, 0.1) is 17.6 Å². The highest BCUT2D eigenvalue weighted by Crippen LogP contribution is 2.43. The fourth-order valence-corrected chi connectivity index (χ4v) is 3.05. The molecule has 0 heterocycles. The summed E-state index contributed by atoms with van der Waals surface area (Å²) < 4.78 is 33.0. The predicted octanol–water partition coefficient (Wildman–Crippen LogP) is 3.98. The van der Waals surface area contributed by atoms with Crippen LogP contribution in [0.3, 0.4) is 0 Å². The molecule has 1 fully saturated rings. The third kappa shape index (κ3) is 2.86. The lowest BCUT2D eigenvalue weighted by atomic mass is 9.74. The van der Waals surface area contributed by atoms with E-state index in [1.54, 1.807) is 0 Å². The predicted molar refractivity (Wildman–Crippen MR) is 73.3 cm³/mol. The molecule has 2 nitrogen and oxygen atoms in total. The summed E-state index contributed by atoms with van der Waals surface area (Å²) in [5.74, 6) is -1.33. The van der Waals surface area contributed by atoms with Crippen molar-refractivity contribution in [3.05, 3.63) is 35.4 Å². The molecule has 0 spiro atoms. The third-order valence-electron chi connectivity index (χ3n) is 4.33. The number of hydrogen-bond donors (Lipinski definition) is 1. The van der Waals surface area contributed by atoms with E-state index in [1.165, 1.54) is 12.1 Å². The van der Waals surface area contributed by atoms with E-state index in [-0.39, 0.29) is 5.56 Å². The minimum absolute atomic E-state index is 0.00648. The van der Waals surface area contributed by atoms with Crippen LogP contribution in [0.5, 0.6) is 0 Å². The molecule has 1 aromatic rings. The van der Waals surface area contributed by atoms with E-state index >= 15 is 0 Å². The molecular formula is C16H22F2O2. The van der Waals surface area contributed by atoms with E-state index in [0.29, 0.717) is 25.4 Å². The molecule has 2 rings (SSSR count). The SMILES string of the molecule is CCOC1(C(O)c2cccc(F)c2F)CCC(C)CC1. The molecule has 1 atom stereocenters. The Morgan fingerprint density at radius 2 is 2.00 bits per heavy atom. The molecule has 1 aliphatic carbocycles. The van der Waals surface area contributed by atoms with Crippen LogP contribution in [-0.4, -0.2) is 17.3 Å². The maximum absolute atomic E-state index is 13.9. The topological polar surface area (TPSA) is 29.5 Å². The van der Waals surface area contributed by atoms with Crippen LogP contribution in [0.2, 0.25) is 0 Å². The zero-order valence-electron chi connectivity index (χ0n) is 12.0. The molecule has 1 unspecified atom stereocenters. The molecule has 0 saturated heterocycles. The minimum Gasteiger partial charge on any atom is -0.385 e. The Morgan fingerprint density at radius 3 is 2.60 bits per heavy atom. The molecule has 112 valence electrons. The first-order valence-corrected chi connectivity index (χ1v) is 7.26. The second-order valence-electron chi connectivity index (χ2n) is 5.73. The highest BCUT2D eigenvalue weighted by atomic mass is 19.2. The molecule has 1 aromatic carbocycles. The Balaban J connectivity index is 2.31. The van der Waals surface area contributed by atoms with E-state index in [0.717, 1.165) is 18.9 Å². The van der Waals surface area contributed by atoms with Crippen LogP contribution in [0.1, 0.15) is 51.2 Å². The Morgan fingerprint density at radius 1 is 1.35 bits per heavy atom. The lowest BCUT2D eigenvalue weighted by molar-refractivity contribution is -0.147. The summed E-state index contributed by atoms with van der Waals surface area (Å²) in [6.07, 6.45) is 2.05. The first-order valence-electron chi connectivity index (χ1n) is 7.26. The monoisotopic (exact) mass is 284 g/mol. The Hall–Kier alpha value is -1.00. The van der Waals surface area contributed by atoms with Gasteiger partial charge in [-0.05, 0) is 44.6 Å². The van der Waals surface area contributed by atoms with Crippen molar-refractivity contribution < 1.29 is 18.6 Å². The summed E-state index contributed by atoms with van der Waals surface area (Å²) in [4.78, 5) is 0. The van der Waals surface area contributed by atoms with Crippen LogP contribution in [0.15, 0.2) is 18.2 Å². The zero-order valence-corrected chi connectivity index (χ0v) is 12.0. The lowest BCUT2D eigenvalue weighted by Gasteiger charge is -2.42. The molecule has 1 saturated carbocycles. The molecule has 4 heteroatoms. The molecule has 0 aromatic heterocycles. The van der Waals surface area contributed by atoms with Gasteiger partial charge in [-0.2, -0.15) is 0 Å². The fraction of sp³-hybridized carbons (Fsp3) is 0.625. The van der Waals surface area contributed by atoms with Crippen molar-refractivity contribution in [2.75, 3.05) is 6.61 Å². The van der Waals surface area contributed by atoms with Crippen molar-refractivity contribution in [1.82, 2.24) is 0 Å². The van der Waals surface area contributed by atoms with Gasteiger partial charge in [-0.15, -0.1) is 0 Å².